The molecule has 2 saturated carbocycles. The third-order valence-electron chi connectivity index (χ3n) is 7.17. The number of halogens is 3. The molecule has 1 amide bonds. The first kappa shape index (κ1) is 24.8. The quantitative estimate of drug-likeness (QED) is 0.468. The van der Waals surface area contributed by atoms with Gasteiger partial charge in [0.1, 0.15) is 5.65 Å². The maximum Gasteiger partial charge on any atom is 0.417 e. The van der Waals surface area contributed by atoms with E-state index >= 15 is 0 Å². The monoisotopic (exact) mass is 520 g/mol. The number of hydrogen-bond acceptors (Lipinski definition) is 4. The number of fused-ring (bicyclic) bond motifs is 1. The number of nitrogens with zero attached hydrogens (tertiary/aromatic N) is 2. The number of carbonyl (C=O) groups is 1. The molecule has 0 radical (unpaired) electrons. The Morgan fingerprint density at radius 3 is 2.33 bits per heavy atom. The number of benzene rings is 1. The molecule has 0 bridgehead atoms. The van der Waals surface area contributed by atoms with Crippen molar-refractivity contribution in [3.63, 3.8) is 0 Å². The highest BCUT2D eigenvalue weighted by molar-refractivity contribution is 7.89. The fourth-order valence-corrected chi connectivity index (χ4v) is 6.50. The molecular weight excluding hydrogens is 493 g/mol. The number of sulfonamides is 1. The molecule has 0 spiro atoms. The van der Waals surface area contributed by atoms with Crippen molar-refractivity contribution in [2.75, 3.05) is 0 Å². The number of hydrogen-bond donors (Lipinski definition) is 2. The van der Waals surface area contributed by atoms with Crippen molar-refractivity contribution in [1.82, 2.24) is 14.3 Å². The first-order valence-corrected chi connectivity index (χ1v) is 13.4. The van der Waals surface area contributed by atoms with E-state index in [-0.39, 0.29) is 27.5 Å². The highest BCUT2D eigenvalue weighted by atomic mass is 32.2. The molecule has 2 aromatic heterocycles. The minimum atomic E-state index is -4.63. The summed E-state index contributed by atoms with van der Waals surface area (Å²) in [5, 5.41) is 0.0397. The molecule has 0 saturated heterocycles. The van der Waals surface area contributed by atoms with Crippen molar-refractivity contribution in [3.8, 4) is 11.3 Å². The highest BCUT2D eigenvalue weighted by Crippen LogP contribution is 2.42. The average molecular weight is 521 g/mol. The maximum absolute atomic E-state index is 13.5. The summed E-state index contributed by atoms with van der Waals surface area (Å²) in [6, 6.07) is 6.85. The van der Waals surface area contributed by atoms with E-state index in [1.165, 1.54) is 12.1 Å². The van der Waals surface area contributed by atoms with E-state index in [9.17, 15) is 26.4 Å². The van der Waals surface area contributed by atoms with Gasteiger partial charge in [-0.25, -0.2) is 18.1 Å². The molecule has 2 aliphatic rings. The van der Waals surface area contributed by atoms with Crippen molar-refractivity contribution in [2.45, 2.75) is 74.5 Å². The van der Waals surface area contributed by atoms with Gasteiger partial charge in [0.05, 0.1) is 21.7 Å². The van der Waals surface area contributed by atoms with Gasteiger partial charge in [-0.05, 0) is 56.4 Å². The summed E-state index contributed by atoms with van der Waals surface area (Å²) in [5.41, 5.74) is 5.38. The molecule has 0 unspecified atom stereocenters. The first-order chi connectivity index (χ1) is 16.9. The molecule has 0 aliphatic heterocycles. The van der Waals surface area contributed by atoms with Crippen LogP contribution in [0.25, 0.3) is 22.3 Å². The Morgan fingerprint density at radius 2 is 1.78 bits per heavy atom. The van der Waals surface area contributed by atoms with Crippen LogP contribution in [0.2, 0.25) is 0 Å². The standard InChI is InChI=1S/C25H27F3N4O3S/c1-24(11-12-24)31-36(34,35)18-9-7-15(8-10-18)21-20(22(29)33)19-13-16(25(26,27)28)14-30-23(19)32(21)17-5-3-2-4-6-17/h7-10,13-14,17,31H,2-6,11-12H2,1H3,(H2,29,33). The summed E-state index contributed by atoms with van der Waals surface area (Å²) < 4.78 is 70.6. The maximum atomic E-state index is 13.5. The molecular formula is C25H27F3N4O3S. The molecule has 3 N–H and O–H groups in total. The predicted molar refractivity (Wildman–Crippen MR) is 129 cm³/mol. The summed E-state index contributed by atoms with van der Waals surface area (Å²) >= 11 is 0. The van der Waals surface area contributed by atoms with Crippen LogP contribution >= 0.6 is 0 Å². The Balaban J connectivity index is 1.69. The molecule has 36 heavy (non-hydrogen) atoms. The molecule has 7 nitrogen and oxygen atoms in total. The number of aromatic nitrogens is 2. The van der Waals surface area contributed by atoms with Gasteiger partial charge in [-0.3, -0.25) is 4.79 Å². The molecule has 1 aromatic carbocycles. The summed E-state index contributed by atoms with van der Waals surface area (Å²) in [7, 11) is -3.74. The van der Waals surface area contributed by atoms with Crippen LogP contribution in [0.4, 0.5) is 13.2 Å². The fourth-order valence-electron chi connectivity index (χ4n) is 5.03. The predicted octanol–water partition coefficient (Wildman–Crippen LogP) is 5.16. The minimum Gasteiger partial charge on any atom is -0.366 e. The molecule has 2 aliphatic carbocycles. The lowest BCUT2D eigenvalue weighted by atomic mass is 9.94. The normalized spacial score (nSPS) is 18.4. The topological polar surface area (TPSA) is 107 Å². The van der Waals surface area contributed by atoms with Gasteiger partial charge in [-0.1, -0.05) is 31.4 Å². The van der Waals surface area contributed by atoms with Crippen molar-refractivity contribution in [1.29, 1.82) is 0 Å². The first-order valence-electron chi connectivity index (χ1n) is 11.9. The molecule has 11 heteroatoms. The third-order valence-corrected chi connectivity index (χ3v) is 8.83. The zero-order valence-corrected chi connectivity index (χ0v) is 20.5. The van der Waals surface area contributed by atoms with Gasteiger partial charge in [0, 0.05) is 23.2 Å². The smallest absolute Gasteiger partial charge is 0.366 e. The number of amides is 1. The van der Waals surface area contributed by atoms with Crippen LogP contribution < -0.4 is 10.5 Å². The van der Waals surface area contributed by atoms with Crippen LogP contribution in [0.1, 0.15) is 73.8 Å². The van der Waals surface area contributed by atoms with E-state index in [4.69, 9.17) is 5.73 Å². The van der Waals surface area contributed by atoms with Crippen molar-refractivity contribution in [2.24, 2.45) is 5.73 Å². The van der Waals surface area contributed by atoms with Gasteiger partial charge in [0.2, 0.25) is 10.0 Å². The summed E-state index contributed by atoms with van der Waals surface area (Å²) in [6.45, 7) is 1.84. The summed E-state index contributed by atoms with van der Waals surface area (Å²) in [5.74, 6) is -0.870. The molecule has 3 aromatic rings. The molecule has 2 heterocycles. The van der Waals surface area contributed by atoms with Crippen LogP contribution in [0.3, 0.4) is 0 Å². The van der Waals surface area contributed by atoms with Gasteiger partial charge in [0.15, 0.2) is 0 Å². The molecule has 2 fully saturated rings. The Labute approximate surface area is 206 Å². The Kier molecular flexibility index (Phi) is 5.90. The number of alkyl halides is 3. The third kappa shape index (κ3) is 4.50. The lowest BCUT2D eigenvalue weighted by Crippen LogP contribution is -2.34. The molecule has 192 valence electrons. The van der Waals surface area contributed by atoms with E-state index in [1.54, 1.807) is 12.1 Å². The van der Waals surface area contributed by atoms with E-state index in [0.717, 1.165) is 57.2 Å². The van der Waals surface area contributed by atoms with Crippen LogP contribution in [0, 0.1) is 0 Å². The second-order valence-electron chi connectivity index (χ2n) is 10.0. The number of primary amides is 1. The number of rotatable bonds is 6. The van der Waals surface area contributed by atoms with Crippen molar-refractivity contribution >= 4 is 27.0 Å². The highest BCUT2D eigenvalue weighted by Gasteiger charge is 2.41. The van der Waals surface area contributed by atoms with Gasteiger partial charge in [0.25, 0.3) is 5.91 Å². The minimum absolute atomic E-state index is 0.0397. The van der Waals surface area contributed by atoms with Crippen molar-refractivity contribution < 1.29 is 26.4 Å². The second-order valence-corrected chi connectivity index (χ2v) is 11.7. The van der Waals surface area contributed by atoms with Gasteiger partial charge in [-0.2, -0.15) is 13.2 Å². The Morgan fingerprint density at radius 1 is 1.14 bits per heavy atom. The van der Waals surface area contributed by atoms with E-state index in [2.05, 4.69) is 9.71 Å². The zero-order valence-electron chi connectivity index (χ0n) is 19.7. The SMILES string of the molecule is CC1(NS(=O)(=O)c2ccc(-c3c(C(N)=O)c4cc(C(F)(F)F)cnc4n3C3CCCCC3)cc2)CC1. The number of carbonyl (C=O) groups excluding carboxylic acids is 1. The molecule has 5 rings (SSSR count). The summed E-state index contributed by atoms with van der Waals surface area (Å²) in [6.07, 6.45) is 2.18. The number of nitrogens with two attached hydrogens (primary N) is 1. The van der Waals surface area contributed by atoms with Crippen LogP contribution in [0.5, 0.6) is 0 Å². The average Bonchev–Trinajstić information content (AvgIpc) is 3.43. The van der Waals surface area contributed by atoms with Crippen LogP contribution in [-0.2, 0) is 16.2 Å². The lowest BCUT2D eigenvalue weighted by Gasteiger charge is -2.26. The lowest BCUT2D eigenvalue weighted by molar-refractivity contribution is -0.137. The van der Waals surface area contributed by atoms with E-state index in [0.29, 0.717) is 11.3 Å². The zero-order chi connectivity index (χ0) is 25.9. The Hall–Kier alpha value is -2.92. The number of pyridine rings is 1. The second kappa shape index (κ2) is 8.58. The van der Waals surface area contributed by atoms with E-state index < -0.39 is 33.2 Å². The van der Waals surface area contributed by atoms with Gasteiger partial charge >= 0.3 is 6.18 Å². The molecule has 0 atom stereocenters. The van der Waals surface area contributed by atoms with Crippen LogP contribution in [-0.4, -0.2) is 29.4 Å². The van der Waals surface area contributed by atoms with Gasteiger partial charge < -0.3 is 10.3 Å². The largest absolute Gasteiger partial charge is 0.417 e. The summed E-state index contributed by atoms with van der Waals surface area (Å²) in [4.78, 5) is 16.9. The Bertz CT molecular complexity index is 1440. The number of nitrogens with one attached hydrogen (secondary N) is 1. The fraction of sp³-hybridized carbons (Fsp3) is 0.440. The van der Waals surface area contributed by atoms with Crippen molar-refractivity contribution in [3.05, 3.63) is 47.7 Å². The van der Waals surface area contributed by atoms with Crippen LogP contribution in [0.15, 0.2) is 41.4 Å². The van der Waals surface area contributed by atoms with Gasteiger partial charge in [-0.15, -0.1) is 0 Å². The van der Waals surface area contributed by atoms with E-state index in [1.807, 2.05) is 11.5 Å².